The van der Waals surface area contributed by atoms with Crippen LogP contribution in [0.4, 0.5) is 0 Å². The molecule has 2 aromatic heterocycles. The van der Waals surface area contributed by atoms with Crippen molar-refractivity contribution in [2.24, 2.45) is 5.92 Å². The standard InChI is InChI=1S/C14H17IN2O/c15-11-6-7-17-9-16-8-12(17)13(11)14(18)10-4-2-1-3-5-10/h6-10,14,18H,1-5H2. The van der Waals surface area contributed by atoms with E-state index in [4.69, 9.17) is 0 Å². The first-order valence-electron chi connectivity index (χ1n) is 6.55. The Balaban J connectivity index is 2.01. The van der Waals surface area contributed by atoms with Gasteiger partial charge in [0.05, 0.1) is 24.1 Å². The Kier molecular flexibility index (Phi) is 3.56. The first kappa shape index (κ1) is 12.4. The molecule has 3 rings (SSSR count). The van der Waals surface area contributed by atoms with Gasteiger partial charge in [-0.3, -0.25) is 0 Å². The smallest absolute Gasteiger partial charge is 0.0992 e. The Morgan fingerprint density at radius 1 is 1.33 bits per heavy atom. The van der Waals surface area contributed by atoms with Crippen LogP contribution in [-0.4, -0.2) is 14.5 Å². The molecule has 0 amide bonds. The van der Waals surface area contributed by atoms with Crippen LogP contribution in [0.25, 0.3) is 5.52 Å². The maximum absolute atomic E-state index is 10.7. The molecule has 96 valence electrons. The number of aliphatic hydroxyl groups excluding tert-OH is 1. The lowest BCUT2D eigenvalue weighted by Crippen LogP contribution is -2.17. The average Bonchev–Trinajstić information content (AvgIpc) is 2.87. The number of hydrogen-bond acceptors (Lipinski definition) is 2. The minimum absolute atomic E-state index is 0.349. The number of rotatable bonds is 2. The summed E-state index contributed by atoms with van der Waals surface area (Å²) < 4.78 is 3.13. The summed E-state index contributed by atoms with van der Waals surface area (Å²) >= 11 is 2.32. The van der Waals surface area contributed by atoms with E-state index in [1.807, 2.05) is 16.8 Å². The SMILES string of the molecule is OC(c1c(I)ccn2cncc12)C1CCCCC1. The van der Waals surface area contributed by atoms with Crippen molar-refractivity contribution in [3.05, 3.63) is 33.9 Å². The van der Waals surface area contributed by atoms with Crippen molar-refractivity contribution in [1.29, 1.82) is 0 Å². The molecule has 1 fully saturated rings. The Morgan fingerprint density at radius 3 is 2.89 bits per heavy atom. The van der Waals surface area contributed by atoms with Crippen molar-refractivity contribution >= 4 is 28.1 Å². The van der Waals surface area contributed by atoms with Crippen molar-refractivity contribution in [2.45, 2.75) is 38.2 Å². The maximum Gasteiger partial charge on any atom is 0.0992 e. The fourth-order valence-electron chi connectivity index (χ4n) is 2.97. The van der Waals surface area contributed by atoms with Crippen LogP contribution < -0.4 is 0 Å². The number of halogens is 1. The highest BCUT2D eigenvalue weighted by Crippen LogP contribution is 2.37. The third-order valence-electron chi connectivity index (χ3n) is 3.97. The summed E-state index contributed by atoms with van der Waals surface area (Å²) in [5.41, 5.74) is 2.10. The van der Waals surface area contributed by atoms with Crippen LogP contribution in [-0.2, 0) is 0 Å². The molecule has 0 spiro atoms. The van der Waals surface area contributed by atoms with E-state index in [-0.39, 0.29) is 6.10 Å². The molecule has 0 aliphatic heterocycles. The lowest BCUT2D eigenvalue weighted by atomic mass is 9.83. The van der Waals surface area contributed by atoms with Crippen molar-refractivity contribution < 1.29 is 5.11 Å². The molecule has 4 heteroatoms. The van der Waals surface area contributed by atoms with E-state index in [1.165, 1.54) is 19.3 Å². The Labute approximate surface area is 120 Å². The van der Waals surface area contributed by atoms with Gasteiger partial charge in [0, 0.05) is 15.3 Å². The summed E-state index contributed by atoms with van der Waals surface area (Å²) in [4.78, 5) is 4.18. The number of pyridine rings is 1. The van der Waals surface area contributed by atoms with Gasteiger partial charge in [-0.05, 0) is 47.4 Å². The molecule has 1 N–H and O–H groups in total. The third-order valence-corrected chi connectivity index (χ3v) is 4.91. The molecule has 2 aromatic rings. The Hall–Kier alpha value is -0.620. The highest BCUT2D eigenvalue weighted by atomic mass is 127. The van der Waals surface area contributed by atoms with Gasteiger partial charge in [0.25, 0.3) is 0 Å². The van der Waals surface area contributed by atoms with Crippen molar-refractivity contribution in [3.63, 3.8) is 0 Å². The van der Waals surface area contributed by atoms with Gasteiger partial charge < -0.3 is 9.51 Å². The van der Waals surface area contributed by atoms with Crippen LogP contribution in [0.15, 0.2) is 24.8 Å². The van der Waals surface area contributed by atoms with E-state index in [2.05, 4.69) is 33.6 Å². The second kappa shape index (κ2) is 5.17. The molecule has 0 radical (unpaired) electrons. The second-order valence-electron chi connectivity index (χ2n) is 5.11. The maximum atomic E-state index is 10.7. The van der Waals surface area contributed by atoms with E-state index in [9.17, 15) is 5.11 Å². The fourth-order valence-corrected chi connectivity index (χ4v) is 3.72. The van der Waals surface area contributed by atoms with E-state index >= 15 is 0 Å². The number of aliphatic hydroxyl groups is 1. The normalized spacial score (nSPS) is 19.2. The van der Waals surface area contributed by atoms with Crippen LogP contribution in [0.5, 0.6) is 0 Å². The summed E-state index contributed by atoms with van der Waals surface area (Å²) in [5, 5.41) is 10.7. The molecule has 1 atom stereocenters. The minimum Gasteiger partial charge on any atom is -0.388 e. The van der Waals surface area contributed by atoms with Crippen LogP contribution in [0, 0.1) is 9.49 Å². The van der Waals surface area contributed by atoms with E-state index in [0.717, 1.165) is 27.5 Å². The first-order chi connectivity index (χ1) is 8.77. The van der Waals surface area contributed by atoms with Gasteiger partial charge in [-0.2, -0.15) is 0 Å². The van der Waals surface area contributed by atoms with Gasteiger partial charge in [-0.25, -0.2) is 4.98 Å². The molecule has 1 aliphatic carbocycles. The fraction of sp³-hybridized carbons (Fsp3) is 0.500. The zero-order chi connectivity index (χ0) is 12.5. The molecular weight excluding hydrogens is 339 g/mol. The number of hydrogen-bond donors (Lipinski definition) is 1. The number of fused-ring (bicyclic) bond motifs is 1. The largest absolute Gasteiger partial charge is 0.388 e. The molecule has 1 saturated carbocycles. The highest BCUT2D eigenvalue weighted by Gasteiger charge is 2.26. The summed E-state index contributed by atoms with van der Waals surface area (Å²) in [5.74, 6) is 0.411. The lowest BCUT2D eigenvalue weighted by Gasteiger charge is -2.27. The highest BCUT2D eigenvalue weighted by molar-refractivity contribution is 14.1. The van der Waals surface area contributed by atoms with Gasteiger partial charge in [-0.15, -0.1) is 0 Å². The molecule has 0 bridgehead atoms. The predicted molar refractivity (Wildman–Crippen MR) is 79.4 cm³/mol. The van der Waals surface area contributed by atoms with Gasteiger partial charge in [0.2, 0.25) is 0 Å². The molecular formula is C14H17IN2O. The van der Waals surface area contributed by atoms with E-state index in [1.54, 1.807) is 6.33 Å². The molecule has 2 heterocycles. The zero-order valence-corrected chi connectivity index (χ0v) is 12.4. The van der Waals surface area contributed by atoms with E-state index in [0.29, 0.717) is 5.92 Å². The van der Waals surface area contributed by atoms with Crippen LogP contribution >= 0.6 is 22.6 Å². The van der Waals surface area contributed by atoms with Crippen molar-refractivity contribution in [2.75, 3.05) is 0 Å². The van der Waals surface area contributed by atoms with Crippen LogP contribution in [0.3, 0.4) is 0 Å². The second-order valence-corrected chi connectivity index (χ2v) is 6.27. The topological polar surface area (TPSA) is 37.5 Å². The average molecular weight is 356 g/mol. The molecule has 0 saturated heterocycles. The van der Waals surface area contributed by atoms with Gasteiger partial charge in [0.1, 0.15) is 0 Å². The van der Waals surface area contributed by atoms with Crippen molar-refractivity contribution in [3.8, 4) is 0 Å². The Bertz CT molecular complexity index is 546. The molecule has 1 unspecified atom stereocenters. The zero-order valence-electron chi connectivity index (χ0n) is 10.2. The van der Waals surface area contributed by atoms with E-state index < -0.39 is 0 Å². The minimum atomic E-state index is -0.349. The molecule has 3 nitrogen and oxygen atoms in total. The monoisotopic (exact) mass is 356 g/mol. The van der Waals surface area contributed by atoms with Crippen LogP contribution in [0.2, 0.25) is 0 Å². The summed E-state index contributed by atoms with van der Waals surface area (Å²) in [6, 6.07) is 2.05. The molecule has 0 aromatic carbocycles. The summed E-state index contributed by atoms with van der Waals surface area (Å²) in [7, 11) is 0. The van der Waals surface area contributed by atoms with Gasteiger partial charge in [-0.1, -0.05) is 19.3 Å². The molecule has 18 heavy (non-hydrogen) atoms. The van der Waals surface area contributed by atoms with Gasteiger partial charge >= 0.3 is 0 Å². The summed E-state index contributed by atoms with van der Waals surface area (Å²) in [6.07, 6.45) is 11.4. The third kappa shape index (κ3) is 2.16. The lowest BCUT2D eigenvalue weighted by molar-refractivity contribution is 0.0851. The van der Waals surface area contributed by atoms with Gasteiger partial charge in [0.15, 0.2) is 0 Å². The number of aromatic nitrogens is 2. The molecule has 1 aliphatic rings. The summed E-state index contributed by atoms with van der Waals surface area (Å²) in [6.45, 7) is 0. The Morgan fingerprint density at radius 2 is 2.11 bits per heavy atom. The number of nitrogens with zero attached hydrogens (tertiary/aromatic N) is 2. The quantitative estimate of drug-likeness (QED) is 0.836. The van der Waals surface area contributed by atoms with Crippen molar-refractivity contribution in [1.82, 2.24) is 9.38 Å². The number of imidazole rings is 1. The first-order valence-corrected chi connectivity index (χ1v) is 7.63. The predicted octanol–water partition coefficient (Wildman–Crippen LogP) is 3.55. The van der Waals surface area contributed by atoms with Crippen LogP contribution in [0.1, 0.15) is 43.8 Å².